The first-order valence-corrected chi connectivity index (χ1v) is 13.0. The number of hydrogen-bond donors (Lipinski definition) is 1. The number of hydrogen-bond acceptors (Lipinski definition) is 8. The lowest BCUT2D eigenvalue weighted by Crippen LogP contribution is -2.35. The number of aromatic nitrogens is 5. The van der Waals surface area contributed by atoms with Gasteiger partial charge in [-0.05, 0) is 50.2 Å². The summed E-state index contributed by atoms with van der Waals surface area (Å²) in [5, 5.41) is 9.27. The topological polar surface area (TPSA) is 92.3 Å². The zero-order valence-electron chi connectivity index (χ0n) is 21.3. The molecule has 194 valence electrons. The molecule has 0 spiro atoms. The fourth-order valence-corrected chi connectivity index (χ4v) is 5.08. The van der Waals surface area contributed by atoms with Gasteiger partial charge in [0.15, 0.2) is 0 Å². The second-order valence-electron chi connectivity index (χ2n) is 9.48. The van der Waals surface area contributed by atoms with E-state index in [1.54, 1.807) is 19.6 Å². The van der Waals surface area contributed by atoms with E-state index in [0.29, 0.717) is 29.0 Å². The fourth-order valence-electron chi connectivity index (χ4n) is 4.89. The quantitative estimate of drug-likeness (QED) is 0.300. The number of piperidine rings is 1. The predicted molar refractivity (Wildman–Crippen MR) is 148 cm³/mol. The molecule has 0 aliphatic carbocycles. The number of benzene rings is 2. The largest absolute Gasteiger partial charge is 0.497 e. The van der Waals surface area contributed by atoms with E-state index in [-0.39, 0.29) is 6.10 Å². The fraction of sp³-hybridized carbons (Fsp3) is 0.286. The van der Waals surface area contributed by atoms with Crippen molar-refractivity contribution in [3.63, 3.8) is 0 Å². The van der Waals surface area contributed by atoms with Gasteiger partial charge in [-0.3, -0.25) is 10.1 Å². The van der Waals surface area contributed by atoms with Crippen molar-refractivity contribution >= 4 is 44.9 Å². The van der Waals surface area contributed by atoms with Gasteiger partial charge >= 0.3 is 0 Å². The Balaban J connectivity index is 1.51. The summed E-state index contributed by atoms with van der Waals surface area (Å²) in [4.78, 5) is 18.4. The van der Waals surface area contributed by atoms with Crippen molar-refractivity contribution in [2.24, 2.45) is 0 Å². The molecule has 9 nitrogen and oxygen atoms in total. The molecular weight excluding hydrogens is 502 g/mol. The van der Waals surface area contributed by atoms with Crippen molar-refractivity contribution in [1.29, 1.82) is 0 Å². The number of ether oxygens (including phenoxy) is 2. The van der Waals surface area contributed by atoms with Gasteiger partial charge in [-0.1, -0.05) is 17.7 Å². The van der Waals surface area contributed by atoms with E-state index in [9.17, 15) is 0 Å². The van der Waals surface area contributed by atoms with E-state index >= 15 is 0 Å². The van der Waals surface area contributed by atoms with E-state index in [2.05, 4.69) is 37.0 Å². The molecule has 0 unspecified atom stereocenters. The number of pyridine rings is 1. The van der Waals surface area contributed by atoms with Crippen molar-refractivity contribution in [2.45, 2.75) is 25.5 Å². The number of fused-ring (bicyclic) bond motifs is 2. The molecule has 3 aromatic heterocycles. The minimum Gasteiger partial charge on any atom is -0.497 e. The van der Waals surface area contributed by atoms with Crippen LogP contribution < -0.4 is 14.4 Å². The minimum atomic E-state index is 0.0971. The second-order valence-corrected chi connectivity index (χ2v) is 9.86. The maximum Gasteiger partial charge on any atom is 0.148 e. The lowest BCUT2D eigenvalue weighted by molar-refractivity contribution is 0.115. The number of rotatable bonds is 7. The van der Waals surface area contributed by atoms with Crippen molar-refractivity contribution in [3.05, 3.63) is 71.9 Å². The first-order valence-electron chi connectivity index (χ1n) is 12.6. The van der Waals surface area contributed by atoms with Crippen LogP contribution in [0, 0.1) is 0 Å². The van der Waals surface area contributed by atoms with Gasteiger partial charge in [0.2, 0.25) is 0 Å². The molecule has 1 saturated heterocycles. The monoisotopic (exact) mass is 529 g/mol. The molecule has 0 atom stereocenters. The normalized spacial score (nSPS) is 14.7. The molecule has 1 aliphatic heterocycles. The molecule has 0 amide bonds. The lowest BCUT2D eigenvalue weighted by Gasteiger charge is -2.30. The molecule has 4 heterocycles. The molecule has 38 heavy (non-hydrogen) atoms. The first kappa shape index (κ1) is 24.4. The molecule has 1 fully saturated rings. The molecule has 1 aliphatic rings. The van der Waals surface area contributed by atoms with Crippen LogP contribution in [0.2, 0.25) is 5.15 Å². The molecule has 5 aromatic rings. The molecule has 10 heteroatoms. The molecule has 2 aromatic carbocycles. The Kier molecular flexibility index (Phi) is 6.70. The molecule has 1 N–H and O–H groups in total. The van der Waals surface area contributed by atoms with E-state index in [1.165, 1.54) is 0 Å². The summed E-state index contributed by atoms with van der Waals surface area (Å²) in [5.41, 5.74) is 3.32. The predicted octanol–water partition coefficient (Wildman–Crippen LogP) is 5.37. The molecule has 0 saturated carbocycles. The van der Waals surface area contributed by atoms with Gasteiger partial charge in [0.1, 0.15) is 34.9 Å². The van der Waals surface area contributed by atoms with Crippen molar-refractivity contribution < 1.29 is 9.47 Å². The summed E-state index contributed by atoms with van der Waals surface area (Å²) in [7, 11) is 3.79. The highest BCUT2D eigenvalue weighted by Gasteiger charge is 2.24. The average Bonchev–Trinajstić information content (AvgIpc) is 3.33. The smallest absolute Gasteiger partial charge is 0.148 e. The highest BCUT2D eigenvalue weighted by molar-refractivity contribution is 6.34. The third kappa shape index (κ3) is 4.82. The van der Waals surface area contributed by atoms with Gasteiger partial charge in [-0.25, -0.2) is 9.97 Å². The van der Waals surface area contributed by atoms with E-state index in [0.717, 1.165) is 59.1 Å². The zero-order valence-corrected chi connectivity index (χ0v) is 22.0. The standard InChI is InChI=1S/C28H28ClN7O2/c1-35-11-8-20(9-12-35)38-25-15-21(37-2)14-24-26(25)28(32-17-31-24)36(16-18-5-3-4-10-30-18)19-6-7-23-22(13-19)27(29)34-33-23/h3-7,10,13-15,17,20H,8-9,11-12,16H2,1-2H3,(H,33,34). The van der Waals surface area contributed by atoms with E-state index in [1.807, 2.05) is 48.5 Å². The summed E-state index contributed by atoms with van der Waals surface area (Å²) in [6, 6.07) is 15.7. The van der Waals surface area contributed by atoms with E-state index in [4.69, 9.17) is 26.1 Å². The van der Waals surface area contributed by atoms with Crippen LogP contribution in [0.25, 0.3) is 21.8 Å². The third-order valence-corrected chi connectivity index (χ3v) is 7.24. The Morgan fingerprint density at radius 2 is 1.92 bits per heavy atom. The minimum absolute atomic E-state index is 0.0971. The number of H-pyrrole nitrogens is 1. The number of aromatic amines is 1. The molecule has 0 radical (unpaired) electrons. The third-order valence-electron chi connectivity index (χ3n) is 6.95. The number of anilines is 2. The van der Waals surface area contributed by atoms with Crippen molar-refractivity contribution in [3.8, 4) is 11.5 Å². The van der Waals surface area contributed by atoms with Crippen LogP contribution in [-0.4, -0.2) is 63.4 Å². The van der Waals surface area contributed by atoms with Crippen LogP contribution in [-0.2, 0) is 6.54 Å². The Bertz CT molecular complexity index is 1570. The highest BCUT2D eigenvalue weighted by atomic mass is 35.5. The van der Waals surface area contributed by atoms with Crippen LogP contribution >= 0.6 is 11.6 Å². The van der Waals surface area contributed by atoms with Crippen molar-refractivity contribution in [1.82, 2.24) is 30.0 Å². The van der Waals surface area contributed by atoms with Gasteiger partial charge in [0.05, 0.1) is 35.8 Å². The van der Waals surface area contributed by atoms with Gasteiger partial charge in [0, 0.05) is 42.5 Å². The van der Waals surface area contributed by atoms with Crippen LogP contribution in [0.15, 0.2) is 61.1 Å². The van der Waals surface area contributed by atoms with E-state index < -0.39 is 0 Å². The number of methoxy groups -OCH3 is 1. The van der Waals surface area contributed by atoms with Gasteiger partial charge in [-0.15, -0.1) is 0 Å². The Morgan fingerprint density at radius 3 is 2.71 bits per heavy atom. The molecule has 0 bridgehead atoms. The SMILES string of the molecule is COc1cc(OC2CCN(C)CC2)c2c(N(Cc3ccccn3)c3ccc4n[nH]c(Cl)c4c3)ncnc2c1. The van der Waals surface area contributed by atoms with Gasteiger partial charge in [-0.2, -0.15) is 5.10 Å². The zero-order chi connectivity index (χ0) is 26.1. The Hall–Kier alpha value is -3.95. The number of halogens is 1. The van der Waals surface area contributed by atoms with Gasteiger partial charge < -0.3 is 19.3 Å². The van der Waals surface area contributed by atoms with Crippen LogP contribution in [0.4, 0.5) is 11.5 Å². The van der Waals surface area contributed by atoms with Crippen molar-refractivity contribution in [2.75, 3.05) is 32.1 Å². The summed E-state index contributed by atoms with van der Waals surface area (Å²) in [6.07, 6.45) is 5.36. The van der Waals surface area contributed by atoms with Gasteiger partial charge in [0.25, 0.3) is 0 Å². The maximum atomic E-state index is 6.65. The Labute approximate surface area is 225 Å². The van der Waals surface area contributed by atoms with Crippen LogP contribution in [0.5, 0.6) is 11.5 Å². The second kappa shape index (κ2) is 10.4. The van der Waals surface area contributed by atoms with Crippen LogP contribution in [0.1, 0.15) is 18.5 Å². The molecule has 6 rings (SSSR count). The summed E-state index contributed by atoms with van der Waals surface area (Å²) in [6.45, 7) is 2.47. The maximum absolute atomic E-state index is 6.65. The number of nitrogens with zero attached hydrogens (tertiary/aromatic N) is 6. The Morgan fingerprint density at radius 1 is 1.05 bits per heavy atom. The average molecular weight is 530 g/mol. The van der Waals surface area contributed by atoms with Crippen LogP contribution in [0.3, 0.4) is 0 Å². The highest BCUT2D eigenvalue weighted by Crippen LogP contribution is 2.40. The lowest BCUT2D eigenvalue weighted by atomic mass is 10.1. The summed E-state index contributed by atoms with van der Waals surface area (Å²) >= 11 is 6.42. The number of nitrogens with one attached hydrogen (secondary N) is 1. The summed E-state index contributed by atoms with van der Waals surface area (Å²) < 4.78 is 12.3. The number of likely N-dealkylation sites (tertiary alicyclic amines) is 1. The molecular formula is C28H28ClN7O2. The first-order chi connectivity index (χ1) is 18.6. The summed E-state index contributed by atoms with van der Waals surface area (Å²) in [5.74, 6) is 2.11.